The maximum absolute atomic E-state index is 14.7. The normalized spacial score (nSPS) is 10.7. The Hall–Kier alpha value is -3.58. The second-order valence-electron chi connectivity index (χ2n) is 6.00. The standard InChI is InChI=1S/C22H20FN3O2.CH5N/c1-14-11-16(17-8-5-9-18(27-3)20(17)23)12-19(28-4)21(14)26-22(24-2)15-7-6-10-25-13-15;1-2/h5-13H,2H2,1,3-4H3;2H2,1H3. The number of benzene rings is 2. The molecule has 0 radical (unpaired) electrons. The summed E-state index contributed by atoms with van der Waals surface area (Å²) in [4.78, 5) is 12.7. The monoisotopic (exact) mass is 408 g/mol. The van der Waals surface area contributed by atoms with Gasteiger partial charge in [0.05, 0.1) is 14.2 Å². The molecule has 1 aromatic heterocycles. The summed E-state index contributed by atoms with van der Waals surface area (Å²) in [5.41, 5.74) is 7.73. The van der Waals surface area contributed by atoms with Crippen LogP contribution in [0.5, 0.6) is 11.5 Å². The molecule has 3 rings (SSSR count). The summed E-state index contributed by atoms with van der Waals surface area (Å²) < 4.78 is 25.3. The average Bonchev–Trinajstić information content (AvgIpc) is 2.80. The lowest BCUT2D eigenvalue weighted by molar-refractivity contribution is 0.387. The van der Waals surface area contributed by atoms with Crippen LogP contribution < -0.4 is 15.2 Å². The van der Waals surface area contributed by atoms with Gasteiger partial charge < -0.3 is 15.2 Å². The summed E-state index contributed by atoms with van der Waals surface area (Å²) in [6, 6.07) is 12.3. The first-order chi connectivity index (χ1) is 14.6. The highest BCUT2D eigenvalue weighted by Crippen LogP contribution is 2.38. The molecule has 0 aliphatic heterocycles. The molecule has 1 heterocycles. The first kappa shape index (κ1) is 22.7. The third-order valence-electron chi connectivity index (χ3n) is 4.27. The lowest BCUT2D eigenvalue weighted by Gasteiger charge is -2.13. The van der Waals surface area contributed by atoms with Crippen molar-refractivity contribution in [2.24, 2.45) is 15.7 Å². The highest BCUT2D eigenvalue weighted by molar-refractivity contribution is 6.03. The van der Waals surface area contributed by atoms with E-state index < -0.39 is 5.82 Å². The van der Waals surface area contributed by atoms with Crippen molar-refractivity contribution < 1.29 is 13.9 Å². The summed E-state index contributed by atoms with van der Waals surface area (Å²) >= 11 is 0. The number of nitrogens with two attached hydrogens (primary N) is 1. The number of hydrogen-bond donors (Lipinski definition) is 1. The Kier molecular flexibility index (Phi) is 8.19. The number of aliphatic imine (C=N–C) groups is 2. The number of aromatic nitrogens is 1. The van der Waals surface area contributed by atoms with Gasteiger partial charge in [0.15, 0.2) is 17.4 Å². The molecule has 2 N–H and O–H groups in total. The predicted molar refractivity (Wildman–Crippen MR) is 120 cm³/mol. The van der Waals surface area contributed by atoms with Crippen LogP contribution in [0.4, 0.5) is 10.1 Å². The van der Waals surface area contributed by atoms with E-state index in [1.807, 2.05) is 19.1 Å². The molecule has 0 fully saturated rings. The van der Waals surface area contributed by atoms with E-state index in [9.17, 15) is 4.39 Å². The van der Waals surface area contributed by atoms with Gasteiger partial charge in [0.25, 0.3) is 0 Å². The Bertz CT molecular complexity index is 1040. The van der Waals surface area contributed by atoms with Gasteiger partial charge in [-0.1, -0.05) is 12.1 Å². The Morgan fingerprint density at radius 1 is 1.07 bits per heavy atom. The first-order valence-corrected chi connectivity index (χ1v) is 9.14. The third kappa shape index (κ3) is 4.87. The quantitative estimate of drug-likeness (QED) is 0.495. The van der Waals surface area contributed by atoms with Gasteiger partial charge in [-0.05, 0) is 62.1 Å². The van der Waals surface area contributed by atoms with Crippen LogP contribution in [0.2, 0.25) is 0 Å². The number of amidine groups is 1. The summed E-state index contributed by atoms with van der Waals surface area (Å²) in [7, 11) is 4.48. The fourth-order valence-corrected chi connectivity index (χ4v) is 2.89. The first-order valence-electron chi connectivity index (χ1n) is 9.14. The van der Waals surface area contributed by atoms with Gasteiger partial charge in [0.2, 0.25) is 0 Å². The minimum atomic E-state index is -0.425. The van der Waals surface area contributed by atoms with E-state index in [0.29, 0.717) is 28.4 Å². The van der Waals surface area contributed by atoms with Crippen LogP contribution >= 0.6 is 0 Å². The highest BCUT2D eigenvalue weighted by atomic mass is 19.1. The molecule has 0 aliphatic carbocycles. The molecule has 0 aliphatic rings. The van der Waals surface area contributed by atoms with Gasteiger partial charge in [0, 0.05) is 23.5 Å². The number of halogens is 1. The largest absolute Gasteiger partial charge is 0.494 e. The molecule has 0 amide bonds. The van der Waals surface area contributed by atoms with Crippen molar-refractivity contribution in [1.82, 2.24) is 4.98 Å². The second-order valence-corrected chi connectivity index (χ2v) is 6.00. The van der Waals surface area contributed by atoms with E-state index >= 15 is 0 Å². The van der Waals surface area contributed by atoms with Crippen LogP contribution in [0.15, 0.2) is 64.8 Å². The average molecular weight is 408 g/mol. The number of methoxy groups -OCH3 is 2. The molecule has 7 heteroatoms. The van der Waals surface area contributed by atoms with Crippen LogP contribution in [0.1, 0.15) is 11.1 Å². The van der Waals surface area contributed by atoms with Crippen molar-refractivity contribution in [2.45, 2.75) is 6.92 Å². The molecule has 6 nitrogen and oxygen atoms in total. The molecule has 0 atom stereocenters. The van der Waals surface area contributed by atoms with Gasteiger partial charge in [-0.25, -0.2) is 14.4 Å². The molecule has 0 saturated heterocycles. The highest BCUT2D eigenvalue weighted by Gasteiger charge is 2.15. The van der Waals surface area contributed by atoms with Crippen LogP contribution in [0, 0.1) is 12.7 Å². The van der Waals surface area contributed by atoms with Crippen LogP contribution in [0.25, 0.3) is 11.1 Å². The molecule has 3 aromatic rings. The van der Waals surface area contributed by atoms with Crippen LogP contribution in [0.3, 0.4) is 0 Å². The SMILES string of the molecule is C=NC(=Nc1c(C)cc(-c2cccc(OC)c2F)cc1OC)c1cccnc1.CN. The zero-order valence-electron chi connectivity index (χ0n) is 17.5. The van der Waals surface area contributed by atoms with E-state index in [0.717, 1.165) is 11.1 Å². The van der Waals surface area contributed by atoms with E-state index in [1.165, 1.54) is 14.2 Å². The Morgan fingerprint density at radius 3 is 2.40 bits per heavy atom. The van der Waals surface area contributed by atoms with Gasteiger partial charge in [-0.15, -0.1) is 0 Å². The van der Waals surface area contributed by atoms with Gasteiger partial charge in [-0.3, -0.25) is 4.98 Å². The number of aryl methyl sites for hydroxylation is 1. The summed E-state index contributed by atoms with van der Waals surface area (Å²) in [6.45, 7) is 5.48. The van der Waals surface area contributed by atoms with Gasteiger partial charge in [0.1, 0.15) is 11.4 Å². The fraction of sp³-hybridized carbons (Fsp3) is 0.174. The Labute approximate surface area is 175 Å². The Balaban J connectivity index is 0.00000155. The molecular weight excluding hydrogens is 383 g/mol. The molecule has 0 unspecified atom stereocenters. The smallest absolute Gasteiger partial charge is 0.172 e. The van der Waals surface area contributed by atoms with E-state index in [2.05, 4.69) is 27.4 Å². The zero-order chi connectivity index (χ0) is 22.1. The third-order valence-corrected chi connectivity index (χ3v) is 4.27. The fourth-order valence-electron chi connectivity index (χ4n) is 2.89. The molecular formula is C23H25FN4O2. The van der Waals surface area contributed by atoms with E-state index in [1.54, 1.807) is 49.8 Å². The van der Waals surface area contributed by atoms with Crippen molar-refractivity contribution in [3.63, 3.8) is 0 Å². The molecule has 30 heavy (non-hydrogen) atoms. The van der Waals surface area contributed by atoms with Crippen LogP contribution in [-0.4, -0.2) is 38.8 Å². The minimum Gasteiger partial charge on any atom is -0.494 e. The lowest BCUT2D eigenvalue weighted by Crippen LogP contribution is -1.98. The van der Waals surface area contributed by atoms with Crippen LogP contribution in [-0.2, 0) is 0 Å². The molecule has 0 bridgehead atoms. The summed E-state index contributed by atoms with van der Waals surface area (Å²) in [6.07, 6.45) is 3.34. The number of ether oxygens (including phenoxy) is 2. The number of pyridine rings is 1. The number of nitrogens with zero attached hydrogens (tertiary/aromatic N) is 3. The molecule has 2 aromatic carbocycles. The minimum absolute atomic E-state index is 0.186. The van der Waals surface area contributed by atoms with E-state index in [-0.39, 0.29) is 5.75 Å². The Morgan fingerprint density at radius 2 is 1.80 bits per heavy atom. The maximum Gasteiger partial charge on any atom is 0.172 e. The topological polar surface area (TPSA) is 82.1 Å². The van der Waals surface area contributed by atoms with Crippen molar-refractivity contribution in [3.05, 3.63) is 71.8 Å². The van der Waals surface area contributed by atoms with Gasteiger partial charge >= 0.3 is 0 Å². The molecule has 0 spiro atoms. The summed E-state index contributed by atoms with van der Waals surface area (Å²) in [5.74, 6) is 0.689. The van der Waals surface area contributed by atoms with Crippen molar-refractivity contribution >= 4 is 18.2 Å². The second kappa shape index (κ2) is 10.8. The van der Waals surface area contributed by atoms with E-state index in [4.69, 9.17) is 9.47 Å². The number of rotatable bonds is 5. The number of hydrogen-bond acceptors (Lipinski definition) is 5. The van der Waals surface area contributed by atoms with Crippen molar-refractivity contribution in [3.8, 4) is 22.6 Å². The zero-order valence-corrected chi connectivity index (χ0v) is 17.5. The van der Waals surface area contributed by atoms with Crippen molar-refractivity contribution in [2.75, 3.05) is 21.3 Å². The van der Waals surface area contributed by atoms with Gasteiger partial charge in [-0.2, -0.15) is 0 Å². The van der Waals surface area contributed by atoms with Crippen molar-refractivity contribution in [1.29, 1.82) is 0 Å². The molecule has 156 valence electrons. The predicted octanol–water partition coefficient (Wildman–Crippen LogP) is 4.57. The maximum atomic E-state index is 14.7. The molecule has 0 saturated carbocycles. The summed E-state index contributed by atoms with van der Waals surface area (Å²) in [5, 5.41) is 0. The lowest BCUT2D eigenvalue weighted by atomic mass is 10.0.